The Kier molecular flexibility index (Phi) is 6.14. The van der Waals surface area contributed by atoms with Gasteiger partial charge in [-0.25, -0.2) is 4.98 Å². The van der Waals surface area contributed by atoms with Gasteiger partial charge in [-0.3, -0.25) is 9.59 Å². The van der Waals surface area contributed by atoms with Gasteiger partial charge in [0.2, 0.25) is 5.91 Å². The quantitative estimate of drug-likeness (QED) is 0.653. The van der Waals surface area contributed by atoms with E-state index >= 15 is 0 Å². The van der Waals surface area contributed by atoms with Crippen LogP contribution in [0.3, 0.4) is 0 Å². The van der Waals surface area contributed by atoms with E-state index in [0.29, 0.717) is 24.4 Å². The molecule has 0 saturated carbocycles. The maximum Gasteiger partial charge on any atom is 0.251 e. The summed E-state index contributed by atoms with van der Waals surface area (Å²) in [6.45, 7) is 3.08. The fourth-order valence-corrected chi connectivity index (χ4v) is 4.21. The van der Waals surface area contributed by atoms with E-state index in [1.54, 1.807) is 23.2 Å². The van der Waals surface area contributed by atoms with Crippen LogP contribution in [0.15, 0.2) is 71.9 Å². The van der Waals surface area contributed by atoms with Gasteiger partial charge >= 0.3 is 0 Å². The van der Waals surface area contributed by atoms with Crippen molar-refractivity contribution in [2.75, 3.05) is 10.7 Å². The molecule has 0 spiro atoms. The molecule has 0 aliphatic carbocycles. The van der Waals surface area contributed by atoms with Crippen molar-refractivity contribution in [3.05, 3.63) is 89.1 Å². The number of thioether (sulfide) groups is 1. The molecule has 3 aromatic rings. The molecule has 0 atom stereocenters. The van der Waals surface area contributed by atoms with Gasteiger partial charge in [0, 0.05) is 18.3 Å². The molecule has 2 amide bonds. The number of fused-ring (bicyclic) bond motifs is 1. The predicted octanol–water partition coefficient (Wildman–Crippen LogP) is 4.21. The van der Waals surface area contributed by atoms with E-state index in [2.05, 4.69) is 29.4 Å². The summed E-state index contributed by atoms with van der Waals surface area (Å²) in [6, 6.07) is 19.4. The summed E-state index contributed by atoms with van der Waals surface area (Å²) in [5, 5.41) is 3.83. The first-order chi connectivity index (χ1) is 14.6. The van der Waals surface area contributed by atoms with Crippen LogP contribution in [-0.2, 0) is 24.3 Å². The molecule has 1 aliphatic rings. The average Bonchev–Trinajstić information content (AvgIpc) is 2.80. The summed E-state index contributed by atoms with van der Waals surface area (Å²) in [5.74, 6) is 0.349. The highest BCUT2D eigenvalue weighted by Crippen LogP contribution is 2.33. The molecule has 4 rings (SSSR count). The number of aromatic nitrogens is 1. The number of hydrogen-bond donors (Lipinski definition) is 1. The average molecular weight is 418 g/mol. The van der Waals surface area contributed by atoms with E-state index in [1.165, 1.54) is 17.3 Å². The smallest absolute Gasteiger partial charge is 0.251 e. The zero-order valence-corrected chi connectivity index (χ0v) is 17.6. The summed E-state index contributed by atoms with van der Waals surface area (Å²) < 4.78 is 0. The predicted molar refractivity (Wildman–Crippen MR) is 120 cm³/mol. The maximum atomic E-state index is 12.5. The highest BCUT2D eigenvalue weighted by Gasteiger charge is 2.25. The van der Waals surface area contributed by atoms with E-state index < -0.39 is 0 Å². The Morgan fingerprint density at radius 1 is 1.03 bits per heavy atom. The first-order valence-corrected chi connectivity index (χ1v) is 11.0. The Balaban J connectivity index is 1.39. The van der Waals surface area contributed by atoms with Crippen molar-refractivity contribution in [1.29, 1.82) is 0 Å². The van der Waals surface area contributed by atoms with Crippen LogP contribution in [-0.4, -0.2) is 22.6 Å². The van der Waals surface area contributed by atoms with Gasteiger partial charge in [0.25, 0.3) is 5.91 Å². The minimum atomic E-state index is -0.110. The number of hydrogen-bond acceptors (Lipinski definition) is 4. The molecular weight excluding hydrogens is 394 g/mol. The number of carbonyl (C=O) groups excluding carboxylic acids is 2. The minimum Gasteiger partial charge on any atom is -0.348 e. The number of benzene rings is 2. The standard InChI is InChI=1S/C24H23N3O2S/c1-2-17-5-7-18(8-6-17)14-26-23(29)20-11-9-19(10-12-20)15-27-21-4-3-13-25-24(21)30-16-22(27)28/h3-13H,2,14-16H2,1H3,(H,26,29). The van der Waals surface area contributed by atoms with Crippen LogP contribution in [0.1, 0.15) is 34.0 Å². The first-order valence-electron chi connectivity index (χ1n) is 9.97. The minimum absolute atomic E-state index is 0.0661. The molecule has 5 nitrogen and oxygen atoms in total. The lowest BCUT2D eigenvalue weighted by Gasteiger charge is -2.28. The zero-order valence-electron chi connectivity index (χ0n) is 16.8. The number of rotatable bonds is 6. The van der Waals surface area contributed by atoms with Gasteiger partial charge in [0.1, 0.15) is 5.03 Å². The van der Waals surface area contributed by atoms with E-state index in [0.717, 1.165) is 28.3 Å². The van der Waals surface area contributed by atoms with Crippen LogP contribution < -0.4 is 10.2 Å². The first kappa shape index (κ1) is 20.2. The molecule has 2 aromatic carbocycles. The SMILES string of the molecule is CCc1ccc(CNC(=O)c2ccc(CN3C(=O)CSc4ncccc43)cc2)cc1. The molecule has 0 unspecified atom stereocenters. The lowest BCUT2D eigenvalue weighted by atomic mass is 10.1. The monoisotopic (exact) mass is 417 g/mol. The van der Waals surface area contributed by atoms with Crippen molar-refractivity contribution in [1.82, 2.24) is 10.3 Å². The Morgan fingerprint density at radius 2 is 1.73 bits per heavy atom. The number of amides is 2. The summed E-state index contributed by atoms with van der Waals surface area (Å²) in [4.78, 5) is 31.0. The highest BCUT2D eigenvalue weighted by atomic mass is 32.2. The van der Waals surface area contributed by atoms with Gasteiger partial charge in [-0.2, -0.15) is 0 Å². The molecule has 0 radical (unpaired) electrons. The lowest BCUT2D eigenvalue weighted by molar-refractivity contribution is -0.116. The van der Waals surface area contributed by atoms with Crippen LogP contribution in [0.4, 0.5) is 5.69 Å². The third-order valence-electron chi connectivity index (χ3n) is 5.12. The van der Waals surface area contributed by atoms with Crippen molar-refractivity contribution in [2.45, 2.75) is 31.5 Å². The highest BCUT2D eigenvalue weighted by molar-refractivity contribution is 8.00. The number of nitrogens with one attached hydrogen (secondary N) is 1. The fourth-order valence-electron chi connectivity index (χ4n) is 3.34. The summed E-state index contributed by atoms with van der Waals surface area (Å²) in [6.07, 6.45) is 2.74. The maximum absolute atomic E-state index is 12.5. The Hall–Kier alpha value is -3.12. The lowest BCUT2D eigenvalue weighted by Crippen LogP contribution is -2.35. The number of pyridine rings is 1. The largest absolute Gasteiger partial charge is 0.348 e. The molecule has 0 saturated heterocycles. The summed E-state index contributed by atoms with van der Waals surface area (Å²) >= 11 is 1.47. The second-order valence-corrected chi connectivity index (χ2v) is 8.11. The van der Waals surface area contributed by atoms with Crippen LogP contribution in [0.5, 0.6) is 0 Å². The normalized spacial score (nSPS) is 13.1. The molecular formula is C24H23N3O2S. The number of carbonyl (C=O) groups is 2. The molecule has 1 N–H and O–H groups in total. The molecule has 0 fully saturated rings. The summed E-state index contributed by atoms with van der Waals surface area (Å²) in [5.41, 5.74) is 4.77. The van der Waals surface area contributed by atoms with Crippen LogP contribution in [0.25, 0.3) is 0 Å². The Bertz CT molecular complexity index is 1050. The van der Waals surface area contributed by atoms with Crippen LogP contribution >= 0.6 is 11.8 Å². The number of nitrogens with zero attached hydrogens (tertiary/aromatic N) is 2. The van der Waals surface area contributed by atoms with Gasteiger partial charge < -0.3 is 10.2 Å². The molecule has 152 valence electrons. The van der Waals surface area contributed by atoms with Gasteiger partial charge in [0.05, 0.1) is 18.0 Å². The van der Waals surface area contributed by atoms with E-state index in [1.807, 2.05) is 36.4 Å². The van der Waals surface area contributed by atoms with Crippen LogP contribution in [0, 0.1) is 0 Å². The summed E-state index contributed by atoms with van der Waals surface area (Å²) in [7, 11) is 0. The van der Waals surface area contributed by atoms with Gasteiger partial charge in [-0.1, -0.05) is 55.1 Å². The molecule has 1 aliphatic heterocycles. The zero-order chi connectivity index (χ0) is 20.9. The fraction of sp³-hybridized carbons (Fsp3) is 0.208. The third-order valence-corrected chi connectivity index (χ3v) is 6.10. The van der Waals surface area contributed by atoms with Crippen molar-refractivity contribution in [2.24, 2.45) is 0 Å². The van der Waals surface area contributed by atoms with Gasteiger partial charge in [-0.15, -0.1) is 0 Å². The molecule has 30 heavy (non-hydrogen) atoms. The van der Waals surface area contributed by atoms with Crippen molar-refractivity contribution < 1.29 is 9.59 Å². The van der Waals surface area contributed by atoms with Gasteiger partial charge in [0.15, 0.2) is 0 Å². The second-order valence-electron chi connectivity index (χ2n) is 7.15. The van der Waals surface area contributed by atoms with E-state index in [4.69, 9.17) is 0 Å². The van der Waals surface area contributed by atoms with Crippen LogP contribution in [0.2, 0.25) is 0 Å². The molecule has 1 aromatic heterocycles. The molecule has 6 heteroatoms. The number of anilines is 1. The van der Waals surface area contributed by atoms with Crippen molar-refractivity contribution in [3.63, 3.8) is 0 Å². The Morgan fingerprint density at radius 3 is 2.47 bits per heavy atom. The van der Waals surface area contributed by atoms with Crippen molar-refractivity contribution in [3.8, 4) is 0 Å². The number of aryl methyl sites for hydroxylation is 1. The second kappa shape index (κ2) is 9.13. The van der Waals surface area contributed by atoms with Gasteiger partial charge in [-0.05, 0) is 47.4 Å². The molecule has 2 heterocycles. The third kappa shape index (κ3) is 4.54. The molecule has 0 bridgehead atoms. The van der Waals surface area contributed by atoms with E-state index in [-0.39, 0.29) is 11.8 Å². The Labute approximate surface area is 180 Å². The van der Waals surface area contributed by atoms with E-state index in [9.17, 15) is 9.59 Å². The topological polar surface area (TPSA) is 62.3 Å². The van der Waals surface area contributed by atoms with Crippen molar-refractivity contribution >= 4 is 29.3 Å².